The lowest BCUT2D eigenvalue weighted by atomic mass is 9.94. The molecule has 1 fully saturated rings. The topological polar surface area (TPSA) is 73.4 Å². The zero-order valence-electron chi connectivity index (χ0n) is 19.2. The summed E-state index contributed by atoms with van der Waals surface area (Å²) in [5.74, 6) is -1.37. The highest BCUT2D eigenvalue weighted by molar-refractivity contribution is 6.46. The van der Waals surface area contributed by atoms with Crippen molar-refractivity contribution in [3.05, 3.63) is 112 Å². The Balaban J connectivity index is 1.57. The molecule has 1 unspecified atom stereocenters. The Labute approximate surface area is 198 Å². The highest BCUT2D eigenvalue weighted by Crippen LogP contribution is 2.39. The van der Waals surface area contributed by atoms with Gasteiger partial charge in [-0.3, -0.25) is 9.59 Å². The molecular formula is C29H26N2O3. The van der Waals surface area contributed by atoms with Gasteiger partial charge >= 0.3 is 0 Å². The van der Waals surface area contributed by atoms with Crippen LogP contribution in [0.25, 0.3) is 16.7 Å². The molecule has 170 valence electrons. The fourth-order valence-corrected chi connectivity index (χ4v) is 4.73. The van der Waals surface area contributed by atoms with Crippen molar-refractivity contribution in [3.8, 4) is 0 Å². The summed E-state index contributed by atoms with van der Waals surface area (Å²) in [6.45, 7) is 4.27. The van der Waals surface area contributed by atoms with Crippen LogP contribution in [0.15, 0.2) is 84.6 Å². The molecule has 1 amide bonds. The van der Waals surface area contributed by atoms with Gasteiger partial charge in [0.15, 0.2) is 0 Å². The van der Waals surface area contributed by atoms with Crippen LogP contribution in [0.3, 0.4) is 0 Å². The molecule has 0 saturated carbocycles. The number of aryl methyl sites for hydroxylation is 2. The number of rotatable bonds is 5. The third-order valence-corrected chi connectivity index (χ3v) is 6.52. The van der Waals surface area contributed by atoms with E-state index < -0.39 is 17.7 Å². The number of benzene rings is 3. The molecular weight excluding hydrogens is 424 g/mol. The molecule has 0 bridgehead atoms. The van der Waals surface area contributed by atoms with Crippen molar-refractivity contribution in [2.45, 2.75) is 26.3 Å². The maximum atomic E-state index is 13.2. The highest BCUT2D eigenvalue weighted by Gasteiger charge is 2.45. The minimum absolute atomic E-state index is 0.137. The summed E-state index contributed by atoms with van der Waals surface area (Å²) in [6.07, 6.45) is 2.54. The van der Waals surface area contributed by atoms with E-state index in [0.717, 1.165) is 33.2 Å². The maximum absolute atomic E-state index is 13.2. The summed E-state index contributed by atoms with van der Waals surface area (Å²) in [4.78, 5) is 31.3. The number of amides is 1. The van der Waals surface area contributed by atoms with Gasteiger partial charge in [0.2, 0.25) is 0 Å². The number of ketones is 1. The highest BCUT2D eigenvalue weighted by atomic mass is 16.3. The van der Waals surface area contributed by atoms with Gasteiger partial charge in [0.25, 0.3) is 11.7 Å². The van der Waals surface area contributed by atoms with E-state index in [9.17, 15) is 14.7 Å². The molecule has 2 N–H and O–H groups in total. The predicted octanol–water partition coefficient (Wildman–Crippen LogP) is 5.45. The van der Waals surface area contributed by atoms with Crippen LogP contribution in [-0.4, -0.2) is 33.2 Å². The van der Waals surface area contributed by atoms with E-state index in [0.29, 0.717) is 18.5 Å². The maximum Gasteiger partial charge on any atom is 0.295 e. The zero-order chi connectivity index (χ0) is 23.8. The Morgan fingerprint density at radius 2 is 1.71 bits per heavy atom. The number of carbonyl (C=O) groups is 2. The van der Waals surface area contributed by atoms with E-state index in [4.69, 9.17) is 0 Å². The number of para-hydroxylation sites is 1. The van der Waals surface area contributed by atoms with Crippen LogP contribution in [0, 0.1) is 13.8 Å². The normalized spacial score (nSPS) is 17.6. The fraction of sp³-hybridized carbons (Fsp3) is 0.172. The van der Waals surface area contributed by atoms with Crippen molar-refractivity contribution >= 4 is 28.4 Å². The molecule has 1 saturated heterocycles. The molecule has 4 aromatic rings. The van der Waals surface area contributed by atoms with Crippen molar-refractivity contribution in [2.24, 2.45) is 0 Å². The lowest BCUT2D eigenvalue weighted by molar-refractivity contribution is -0.139. The number of likely N-dealkylation sites (tertiary alicyclic amines) is 1. The molecule has 34 heavy (non-hydrogen) atoms. The summed E-state index contributed by atoms with van der Waals surface area (Å²) in [5.41, 5.74) is 5.64. The summed E-state index contributed by atoms with van der Waals surface area (Å²) in [5, 5.41) is 12.3. The SMILES string of the molecule is Cc1ccc(C2C(=C(O)c3cccc(C)c3)C(=O)C(=O)N2CCc2c[nH]c3ccccc23)cc1. The van der Waals surface area contributed by atoms with Gasteiger partial charge in [0.1, 0.15) is 5.76 Å². The Hall–Kier alpha value is -4.12. The predicted molar refractivity (Wildman–Crippen MR) is 133 cm³/mol. The van der Waals surface area contributed by atoms with Crippen LogP contribution in [-0.2, 0) is 16.0 Å². The molecule has 5 nitrogen and oxygen atoms in total. The standard InChI is InChI=1S/C29H26N2O3/c1-18-10-12-20(13-11-18)26-25(27(32)21-7-5-6-19(2)16-21)28(33)29(34)31(26)15-14-22-17-30-24-9-4-3-8-23(22)24/h3-13,16-17,26,30,32H,14-15H2,1-2H3. The molecule has 5 rings (SSSR count). The van der Waals surface area contributed by atoms with Crippen molar-refractivity contribution in [1.82, 2.24) is 9.88 Å². The van der Waals surface area contributed by atoms with Gasteiger partial charge in [-0.1, -0.05) is 71.8 Å². The van der Waals surface area contributed by atoms with Crippen LogP contribution in [0.4, 0.5) is 0 Å². The van der Waals surface area contributed by atoms with Crippen LogP contribution >= 0.6 is 0 Å². The summed E-state index contributed by atoms with van der Waals surface area (Å²) < 4.78 is 0. The van der Waals surface area contributed by atoms with Gasteiger partial charge in [-0.25, -0.2) is 0 Å². The van der Waals surface area contributed by atoms with Gasteiger partial charge in [-0.15, -0.1) is 0 Å². The number of hydrogen-bond acceptors (Lipinski definition) is 3. The number of aliphatic hydroxyl groups is 1. The molecule has 1 aliphatic heterocycles. The molecule has 0 aliphatic carbocycles. The lowest BCUT2D eigenvalue weighted by Gasteiger charge is -2.25. The zero-order valence-corrected chi connectivity index (χ0v) is 19.2. The van der Waals surface area contributed by atoms with Crippen LogP contribution in [0.2, 0.25) is 0 Å². The van der Waals surface area contributed by atoms with Gasteiger partial charge in [-0.2, -0.15) is 0 Å². The summed E-state index contributed by atoms with van der Waals surface area (Å²) in [7, 11) is 0. The Kier molecular flexibility index (Phi) is 5.54. The molecule has 2 heterocycles. The quantitative estimate of drug-likeness (QED) is 0.241. The molecule has 1 aliphatic rings. The first-order valence-electron chi connectivity index (χ1n) is 11.4. The number of carbonyl (C=O) groups excluding carboxylic acids is 2. The molecule has 0 spiro atoms. The van der Waals surface area contributed by atoms with Gasteiger partial charge < -0.3 is 15.0 Å². The lowest BCUT2D eigenvalue weighted by Crippen LogP contribution is -2.31. The number of aromatic nitrogens is 1. The smallest absolute Gasteiger partial charge is 0.295 e. The Bertz CT molecular complexity index is 1430. The first kappa shape index (κ1) is 21.7. The first-order valence-corrected chi connectivity index (χ1v) is 11.4. The van der Waals surface area contributed by atoms with Crippen molar-refractivity contribution in [1.29, 1.82) is 0 Å². The Morgan fingerprint density at radius 1 is 0.941 bits per heavy atom. The number of aromatic amines is 1. The second-order valence-corrected chi connectivity index (χ2v) is 8.88. The Morgan fingerprint density at radius 3 is 2.47 bits per heavy atom. The molecule has 0 radical (unpaired) electrons. The fourth-order valence-electron chi connectivity index (χ4n) is 4.73. The summed E-state index contributed by atoms with van der Waals surface area (Å²) >= 11 is 0. The number of nitrogens with one attached hydrogen (secondary N) is 1. The number of aliphatic hydroxyl groups excluding tert-OH is 1. The van der Waals surface area contributed by atoms with Gasteiger partial charge in [0, 0.05) is 29.2 Å². The minimum Gasteiger partial charge on any atom is -0.507 e. The monoisotopic (exact) mass is 450 g/mol. The number of fused-ring (bicyclic) bond motifs is 1. The average molecular weight is 451 g/mol. The number of H-pyrrole nitrogens is 1. The molecule has 1 atom stereocenters. The van der Waals surface area contributed by atoms with E-state index >= 15 is 0 Å². The second kappa shape index (κ2) is 8.67. The first-order chi connectivity index (χ1) is 16.4. The summed E-state index contributed by atoms with van der Waals surface area (Å²) in [6, 6.07) is 22.5. The van der Waals surface area contributed by atoms with Gasteiger partial charge in [0.05, 0.1) is 11.6 Å². The third-order valence-electron chi connectivity index (χ3n) is 6.52. The number of hydrogen-bond donors (Lipinski definition) is 2. The molecule has 5 heteroatoms. The third kappa shape index (κ3) is 3.79. The van der Waals surface area contributed by atoms with Crippen molar-refractivity contribution in [2.75, 3.05) is 6.54 Å². The van der Waals surface area contributed by atoms with E-state index in [1.54, 1.807) is 11.0 Å². The second-order valence-electron chi connectivity index (χ2n) is 8.88. The largest absolute Gasteiger partial charge is 0.507 e. The molecule has 1 aromatic heterocycles. The minimum atomic E-state index is -0.650. The average Bonchev–Trinajstić information content (AvgIpc) is 3.36. The van der Waals surface area contributed by atoms with E-state index in [1.165, 1.54) is 0 Å². The van der Waals surface area contributed by atoms with Crippen molar-refractivity contribution in [3.63, 3.8) is 0 Å². The van der Waals surface area contributed by atoms with Gasteiger partial charge in [-0.05, 0) is 43.5 Å². The number of nitrogens with zero attached hydrogens (tertiary/aromatic N) is 1. The van der Waals surface area contributed by atoms with Crippen LogP contribution < -0.4 is 0 Å². The van der Waals surface area contributed by atoms with E-state index in [2.05, 4.69) is 4.98 Å². The van der Waals surface area contributed by atoms with E-state index in [1.807, 2.05) is 86.8 Å². The van der Waals surface area contributed by atoms with Crippen LogP contribution in [0.1, 0.15) is 33.9 Å². The van der Waals surface area contributed by atoms with Crippen LogP contribution in [0.5, 0.6) is 0 Å². The van der Waals surface area contributed by atoms with E-state index in [-0.39, 0.29) is 11.3 Å². The van der Waals surface area contributed by atoms with Crippen molar-refractivity contribution < 1.29 is 14.7 Å². The molecule has 3 aromatic carbocycles. The number of Topliss-reactive ketones (excluding diaryl/α,β-unsaturated/α-hetero) is 1.